The van der Waals surface area contributed by atoms with Gasteiger partial charge in [0.15, 0.2) is 0 Å². The van der Waals surface area contributed by atoms with Crippen molar-refractivity contribution < 1.29 is 14.5 Å². The van der Waals surface area contributed by atoms with Crippen LogP contribution in [0.15, 0.2) is 18.2 Å². The average molecular weight is 440 g/mol. The van der Waals surface area contributed by atoms with Crippen LogP contribution in [0.1, 0.15) is 49.0 Å². The van der Waals surface area contributed by atoms with Gasteiger partial charge < -0.3 is 5.32 Å². The first-order valence-corrected chi connectivity index (χ1v) is 10.3. The summed E-state index contributed by atoms with van der Waals surface area (Å²) < 4.78 is 0. The summed E-state index contributed by atoms with van der Waals surface area (Å²) in [6.07, 6.45) is 2.82. The molecular weight excluding hydrogens is 418 g/mol. The van der Waals surface area contributed by atoms with Crippen LogP contribution < -0.4 is 10.6 Å². The molecule has 0 saturated carbocycles. The molecule has 9 nitrogen and oxygen atoms in total. The van der Waals surface area contributed by atoms with Gasteiger partial charge in [0.1, 0.15) is 11.0 Å². The highest BCUT2D eigenvalue weighted by atomic mass is 35.5. The average Bonchev–Trinajstić information content (AvgIpc) is 3.10. The summed E-state index contributed by atoms with van der Waals surface area (Å²) in [5.41, 5.74) is -0.173. The van der Waals surface area contributed by atoms with E-state index in [0.717, 1.165) is 30.3 Å². The smallest absolute Gasteiger partial charge is 0.270 e. The number of hydrogen-bond donors (Lipinski definition) is 2. The van der Waals surface area contributed by atoms with Crippen LogP contribution >= 0.6 is 22.9 Å². The number of carbonyl (C=O) groups is 2. The van der Waals surface area contributed by atoms with Crippen LogP contribution in [0.4, 0.5) is 10.8 Å². The second-order valence-electron chi connectivity index (χ2n) is 6.71. The highest BCUT2D eigenvalue weighted by Gasteiger charge is 2.27. The maximum atomic E-state index is 12.7. The van der Waals surface area contributed by atoms with Crippen molar-refractivity contribution in [1.29, 1.82) is 0 Å². The van der Waals surface area contributed by atoms with E-state index in [1.165, 1.54) is 23.5 Å². The van der Waals surface area contributed by atoms with E-state index < -0.39 is 22.8 Å². The van der Waals surface area contributed by atoms with Gasteiger partial charge in [0.2, 0.25) is 11.0 Å². The molecule has 0 aliphatic carbocycles. The lowest BCUT2D eigenvalue weighted by Crippen LogP contribution is -2.47. The van der Waals surface area contributed by atoms with Gasteiger partial charge in [0.05, 0.1) is 15.5 Å². The van der Waals surface area contributed by atoms with Crippen molar-refractivity contribution in [2.24, 2.45) is 5.92 Å². The third kappa shape index (κ3) is 6.20. The topological polar surface area (TPSA) is 127 Å². The minimum Gasteiger partial charge on any atom is -0.340 e. The van der Waals surface area contributed by atoms with Gasteiger partial charge in [-0.05, 0) is 18.4 Å². The van der Waals surface area contributed by atoms with E-state index in [9.17, 15) is 19.7 Å². The molecule has 0 spiro atoms. The van der Waals surface area contributed by atoms with Crippen LogP contribution in [-0.4, -0.2) is 33.0 Å². The van der Waals surface area contributed by atoms with Crippen molar-refractivity contribution in [3.63, 3.8) is 0 Å². The number of anilines is 1. The summed E-state index contributed by atoms with van der Waals surface area (Å²) in [4.78, 5) is 35.4. The molecule has 0 aliphatic heterocycles. The Hall–Kier alpha value is -2.59. The molecule has 0 radical (unpaired) electrons. The monoisotopic (exact) mass is 439 g/mol. The summed E-state index contributed by atoms with van der Waals surface area (Å²) in [5.74, 6) is -1.24. The van der Waals surface area contributed by atoms with Crippen LogP contribution in [0.3, 0.4) is 0 Å². The fraction of sp³-hybridized carbons (Fsp3) is 0.444. The lowest BCUT2D eigenvalue weighted by Gasteiger charge is -2.21. The minimum atomic E-state index is -0.850. The van der Waals surface area contributed by atoms with Crippen LogP contribution in [0.25, 0.3) is 0 Å². The van der Waals surface area contributed by atoms with Crippen molar-refractivity contribution in [2.75, 3.05) is 5.32 Å². The molecule has 11 heteroatoms. The predicted molar refractivity (Wildman–Crippen MR) is 111 cm³/mol. The van der Waals surface area contributed by atoms with E-state index in [0.29, 0.717) is 5.13 Å². The quantitative estimate of drug-likeness (QED) is 0.451. The summed E-state index contributed by atoms with van der Waals surface area (Å²) >= 11 is 7.30. The number of rotatable bonds is 9. The first kappa shape index (κ1) is 22.7. The van der Waals surface area contributed by atoms with E-state index in [2.05, 4.69) is 27.8 Å². The number of aromatic nitrogens is 2. The number of halogens is 1. The Labute approximate surface area is 177 Å². The number of benzene rings is 1. The van der Waals surface area contributed by atoms with Crippen LogP contribution in [-0.2, 0) is 11.2 Å². The van der Waals surface area contributed by atoms with Gasteiger partial charge in [-0.2, -0.15) is 0 Å². The predicted octanol–water partition coefficient (Wildman–Crippen LogP) is 3.84. The first-order valence-electron chi connectivity index (χ1n) is 9.11. The number of amides is 2. The Morgan fingerprint density at radius 2 is 2.03 bits per heavy atom. The molecule has 2 N–H and O–H groups in total. The van der Waals surface area contributed by atoms with Gasteiger partial charge in [0, 0.05) is 18.6 Å². The van der Waals surface area contributed by atoms with Crippen molar-refractivity contribution >= 4 is 45.6 Å². The molecule has 2 rings (SSSR count). The second kappa shape index (κ2) is 10.3. The Morgan fingerprint density at radius 1 is 1.31 bits per heavy atom. The number of hydrogen-bond acceptors (Lipinski definition) is 7. The number of nitrogens with zero attached hydrogens (tertiary/aromatic N) is 3. The fourth-order valence-corrected chi connectivity index (χ4v) is 3.52. The van der Waals surface area contributed by atoms with Gasteiger partial charge >= 0.3 is 0 Å². The van der Waals surface area contributed by atoms with Crippen LogP contribution in [0.5, 0.6) is 0 Å². The van der Waals surface area contributed by atoms with E-state index >= 15 is 0 Å². The summed E-state index contributed by atoms with van der Waals surface area (Å²) in [6.45, 7) is 5.65. The van der Waals surface area contributed by atoms with Crippen molar-refractivity contribution in [3.05, 3.63) is 43.9 Å². The van der Waals surface area contributed by atoms with Crippen molar-refractivity contribution in [1.82, 2.24) is 15.5 Å². The molecule has 2 amide bonds. The lowest BCUT2D eigenvalue weighted by atomic mass is 10.0. The molecule has 1 unspecified atom stereocenters. The third-order valence-corrected chi connectivity index (χ3v) is 5.30. The molecule has 1 atom stereocenters. The normalized spacial score (nSPS) is 11.9. The molecule has 1 aromatic heterocycles. The molecule has 0 fully saturated rings. The molecule has 29 heavy (non-hydrogen) atoms. The standard InChI is InChI=1S/C18H22ClN5O4S/c1-4-5-6-14-22-23-18(29-14)21-17(26)15(10(2)3)20-16(25)12-8-7-11(24(27)28)9-13(12)19/h7-10,15H,4-6H2,1-3H3,(H,20,25)(H,21,23,26). The largest absolute Gasteiger partial charge is 0.340 e. The zero-order chi connectivity index (χ0) is 21.6. The SMILES string of the molecule is CCCCc1nnc(NC(=O)C(NC(=O)c2ccc([N+](=O)[O-])cc2Cl)C(C)C)s1. The number of unbranched alkanes of at least 4 members (excludes halogenated alkanes) is 1. The summed E-state index contributed by atoms with van der Waals surface area (Å²) in [6, 6.07) is 2.69. The molecule has 156 valence electrons. The van der Waals surface area contributed by atoms with Gasteiger partial charge in [0.25, 0.3) is 11.6 Å². The molecule has 1 aromatic carbocycles. The highest BCUT2D eigenvalue weighted by molar-refractivity contribution is 7.15. The fourth-order valence-electron chi connectivity index (χ4n) is 2.47. The highest BCUT2D eigenvalue weighted by Crippen LogP contribution is 2.23. The second-order valence-corrected chi connectivity index (χ2v) is 8.18. The third-order valence-electron chi connectivity index (χ3n) is 4.09. The molecular formula is C18H22ClN5O4S. The van der Waals surface area contributed by atoms with Crippen molar-refractivity contribution in [2.45, 2.75) is 46.1 Å². The van der Waals surface area contributed by atoms with Crippen molar-refractivity contribution in [3.8, 4) is 0 Å². The molecule has 0 aliphatic rings. The minimum absolute atomic E-state index is 0.0495. The molecule has 0 saturated heterocycles. The van der Waals surface area contributed by atoms with Gasteiger partial charge in [-0.1, -0.05) is 50.1 Å². The van der Waals surface area contributed by atoms with Gasteiger partial charge in [-0.25, -0.2) is 0 Å². The number of aryl methyl sites for hydroxylation is 1. The zero-order valence-corrected chi connectivity index (χ0v) is 17.8. The van der Waals surface area contributed by atoms with Gasteiger partial charge in [-0.15, -0.1) is 10.2 Å². The molecule has 1 heterocycles. The Kier molecular flexibility index (Phi) is 8.03. The van der Waals surface area contributed by atoms with E-state index in [-0.39, 0.29) is 22.2 Å². The molecule has 2 aromatic rings. The van der Waals surface area contributed by atoms with E-state index in [4.69, 9.17) is 11.6 Å². The zero-order valence-electron chi connectivity index (χ0n) is 16.3. The number of nitro benzene ring substituents is 1. The van der Waals surface area contributed by atoms with Gasteiger partial charge in [-0.3, -0.25) is 25.0 Å². The Bertz CT molecular complexity index is 902. The van der Waals surface area contributed by atoms with E-state index in [1.807, 2.05) is 0 Å². The number of nitrogens with one attached hydrogen (secondary N) is 2. The number of nitro groups is 1. The number of non-ortho nitro benzene ring substituents is 1. The van der Waals surface area contributed by atoms with E-state index in [1.54, 1.807) is 13.8 Å². The van der Waals surface area contributed by atoms with Crippen LogP contribution in [0.2, 0.25) is 5.02 Å². The Balaban J connectivity index is 2.09. The maximum absolute atomic E-state index is 12.7. The number of carbonyl (C=O) groups excluding carboxylic acids is 2. The summed E-state index contributed by atoms with van der Waals surface area (Å²) in [5, 5.41) is 25.3. The Morgan fingerprint density at radius 3 is 2.62 bits per heavy atom. The first-order chi connectivity index (χ1) is 13.7. The maximum Gasteiger partial charge on any atom is 0.270 e. The van der Waals surface area contributed by atoms with Crippen LogP contribution in [0, 0.1) is 16.0 Å². The lowest BCUT2D eigenvalue weighted by molar-refractivity contribution is -0.384. The summed E-state index contributed by atoms with van der Waals surface area (Å²) in [7, 11) is 0. The molecule has 0 bridgehead atoms.